The van der Waals surface area contributed by atoms with Gasteiger partial charge < -0.3 is 5.32 Å². The third-order valence-electron chi connectivity index (χ3n) is 3.38. The van der Waals surface area contributed by atoms with Crippen molar-refractivity contribution < 1.29 is 13.2 Å². The molecule has 0 aliphatic carbocycles. The summed E-state index contributed by atoms with van der Waals surface area (Å²) >= 11 is 3.01. The maximum Gasteiger partial charge on any atom is 0.433 e. The highest BCUT2D eigenvalue weighted by molar-refractivity contribution is 7.16. The van der Waals surface area contributed by atoms with Crippen LogP contribution in [0.3, 0.4) is 0 Å². The largest absolute Gasteiger partial charge is 0.433 e. The Hall–Kier alpha value is -2.06. The molecule has 0 radical (unpaired) electrons. The molecule has 3 heterocycles. The van der Waals surface area contributed by atoms with Crippen molar-refractivity contribution in [3.05, 3.63) is 57.7 Å². The van der Waals surface area contributed by atoms with E-state index in [4.69, 9.17) is 0 Å². The van der Waals surface area contributed by atoms with E-state index in [1.165, 1.54) is 23.3 Å². The Labute approximate surface area is 145 Å². The van der Waals surface area contributed by atoms with E-state index in [2.05, 4.69) is 17.0 Å². The van der Waals surface area contributed by atoms with E-state index < -0.39 is 11.9 Å². The lowest BCUT2D eigenvalue weighted by molar-refractivity contribution is -0.143. The van der Waals surface area contributed by atoms with Crippen molar-refractivity contribution in [1.29, 1.82) is 0 Å². The molecular formula is C16H14F3N3S2. The first-order valence-corrected chi connectivity index (χ1v) is 8.71. The Morgan fingerprint density at radius 2 is 2.12 bits per heavy atom. The Balaban J connectivity index is 1.74. The molecule has 0 amide bonds. The van der Waals surface area contributed by atoms with Crippen LogP contribution in [0.25, 0.3) is 16.3 Å². The van der Waals surface area contributed by atoms with Crippen LogP contribution in [-0.2, 0) is 19.8 Å². The molecule has 0 spiro atoms. The number of thiophene rings is 2. The van der Waals surface area contributed by atoms with Gasteiger partial charge in [-0.25, -0.2) is 0 Å². The summed E-state index contributed by atoms with van der Waals surface area (Å²) in [5.74, 6) is 0. The lowest BCUT2D eigenvalue weighted by Gasteiger charge is -2.05. The molecule has 24 heavy (non-hydrogen) atoms. The highest BCUT2D eigenvalue weighted by atomic mass is 32.1. The van der Waals surface area contributed by atoms with Crippen LogP contribution in [0.5, 0.6) is 0 Å². The quantitative estimate of drug-likeness (QED) is 0.687. The fraction of sp³-hybridized carbons (Fsp3) is 0.188. The zero-order chi connectivity index (χ0) is 17.3. The second kappa shape index (κ2) is 6.45. The van der Waals surface area contributed by atoms with E-state index in [1.54, 1.807) is 17.4 Å². The topological polar surface area (TPSA) is 29.9 Å². The normalized spacial score (nSPS) is 11.7. The van der Waals surface area contributed by atoms with Gasteiger partial charge in [-0.1, -0.05) is 12.6 Å². The first kappa shape index (κ1) is 16.8. The molecule has 0 unspecified atom stereocenters. The van der Waals surface area contributed by atoms with Gasteiger partial charge in [-0.3, -0.25) is 4.68 Å². The third-order valence-corrected chi connectivity index (χ3v) is 5.43. The molecular weight excluding hydrogens is 355 g/mol. The van der Waals surface area contributed by atoms with Crippen molar-refractivity contribution in [2.24, 2.45) is 7.05 Å². The number of alkyl halides is 3. The average Bonchev–Trinajstić information content (AvgIpc) is 3.23. The lowest BCUT2D eigenvalue weighted by atomic mass is 10.3. The Morgan fingerprint density at radius 1 is 1.33 bits per heavy atom. The van der Waals surface area contributed by atoms with Crippen LogP contribution < -0.4 is 5.32 Å². The summed E-state index contributed by atoms with van der Waals surface area (Å²) in [5, 5.41) is 9.20. The summed E-state index contributed by atoms with van der Waals surface area (Å²) in [6, 6.07) is 8.67. The van der Waals surface area contributed by atoms with Crippen LogP contribution in [0.4, 0.5) is 13.2 Å². The van der Waals surface area contributed by atoms with E-state index >= 15 is 0 Å². The molecule has 8 heteroatoms. The fourth-order valence-corrected chi connectivity index (χ4v) is 3.74. The maximum atomic E-state index is 12.9. The van der Waals surface area contributed by atoms with E-state index in [0.29, 0.717) is 17.1 Å². The zero-order valence-corrected chi connectivity index (χ0v) is 14.4. The number of hydrogen-bond donors (Lipinski definition) is 1. The van der Waals surface area contributed by atoms with Crippen molar-refractivity contribution >= 4 is 28.4 Å². The fourth-order valence-electron chi connectivity index (χ4n) is 2.18. The van der Waals surface area contributed by atoms with Crippen LogP contribution in [-0.4, -0.2) is 9.78 Å². The predicted octanol–water partition coefficient (Wildman–Crippen LogP) is 4.99. The summed E-state index contributed by atoms with van der Waals surface area (Å²) in [6.07, 6.45) is -4.41. The van der Waals surface area contributed by atoms with Gasteiger partial charge in [0, 0.05) is 24.2 Å². The van der Waals surface area contributed by atoms with Gasteiger partial charge in [-0.05, 0) is 29.6 Å². The first-order chi connectivity index (χ1) is 11.3. The minimum absolute atomic E-state index is 0.312. The number of nitrogens with zero attached hydrogens (tertiary/aromatic N) is 2. The number of rotatable bonds is 5. The van der Waals surface area contributed by atoms with Gasteiger partial charge in [-0.15, -0.1) is 22.7 Å². The van der Waals surface area contributed by atoms with Crippen molar-refractivity contribution in [1.82, 2.24) is 15.1 Å². The lowest BCUT2D eigenvalue weighted by Crippen LogP contribution is -2.11. The number of aromatic nitrogens is 2. The van der Waals surface area contributed by atoms with Crippen molar-refractivity contribution in [3.63, 3.8) is 0 Å². The van der Waals surface area contributed by atoms with Crippen molar-refractivity contribution in [2.45, 2.75) is 12.7 Å². The molecule has 0 bridgehead atoms. The minimum atomic E-state index is -4.41. The van der Waals surface area contributed by atoms with Gasteiger partial charge in [-0.2, -0.15) is 18.3 Å². The molecule has 126 valence electrons. The molecule has 1 N–H and O–H groups in total. The molecule has 0 saturated heterocycles. The van der Waals surface area contributed by atoms with Gasteiger partial charge in [0.15, 0.2) is 0 Å². The van der Waals surface area contributed by atoms with Crippen molar-refractivity contribution in [2.75, 3.05) is 0 Å². The second-order valence-electron chi connectivity index (χ2n) is 5.11. The maximum absolute atomic E-state index is 12.9. The molecule has 0 aliphatic heterocycles. The van der Waals surface area contributed by atoms with E-state index in [9.17, 15) is 13.2 Å². The first-order valence-electron chi connectivity index (χ1n) is 7.01. The van der Waals surface area contributed by atoms with Crippen LogP contribution in [0.15, 0.2) is 42.3 Å². The summed E-state index contributed by atoms with van der Waals surface area (Å²) in [5.41, 5.74) is 0.292. The molecule has 0 aliphatic rings. The molecule has 0 atom stereocenters. The smallest absolute Gasteiger partial charge is 0.379 e. The molecule has 0 fully saturated rings. The molecule has 3 rings (SSSR count). The molecule has 0 aromatic carbocycles. The highest BCUT2D eigenvalue weighted by Gasteiger charge is 2.35. The van der Waals surface area contributed by atoms with E-state index in [-0.39, 0.29) is 0 Å². The summed E-state index contributed by atoms with van der Waals surface area (Å²) in [7, 11) is 1.29. The zero-order valence-electron chi connectivity index (χ0n) is 12.7. The summed E-state index contributed by atoms with van der Waals surface area (Å²) < 4.78 is 39.5. The number of halogens is 3. The molecule has 3 aromatic rings. The Morgan fingerprint density at radius 3 is 2.75 bits per heavy atom. The summed E-state index contributed by atoms with van der Waals surface area (Å²) in [4.78, 5) is 2.74. The number of hydrogen-bond acceptors (Lipinski definition) is 4. The van der Waals surface area contributed by atoms with E-state index in [1.807, 2.05) is 23.6 Å². The average molecular weight is 369 g/mol. The van der Waals surface area contributed by atoms with E-state index in [0.717, 1.165) is 21.3 Å². The second-order valence-corrected chi connectivity index (χ2v) is 7.23. The van der Waals surface area contributed by atoms with Crippen LogP contribution in [0.2, 0.25) is 0 Å². The van der Waals surface area contributed by atoms with Crippen LogP contribution in [0.1, 0.15) is 15.4 Å². The molecule has 3 nitrogen and oxygen atoms in total. The van der Waals surface area contributed by atoms with Crippen LogP contribution >= 0.6 is 22.7 Å². The van der Waals surface area contributed by atoms with Crippen LogP contribution in [0, 0.1) is 0 Å². The minimum Gasteiger partial charge on any atom is -0.379 e. The van der Waals surface area contributed by atoms with Gasteiger partial charge in [0.1, 0.15) is 11.4 Å². The standard InChI is InChI=1S/C16H14F3N3S2/c1-10(20-9-11-4-3-7-23-11)13-5-6-14(24-13)12-8-15(16(17,18)19)22(2)21-12/h3-8,20H,1,9H2,2H3. The van der Waals surface area contributed by atoms with Gasteiger partial charge >= 0.3 is 6.18 Å². The van der Waals surface area contributed by atoms with Gasteiger partial charge in [0.25, 0.3) is 0 Å². The van der Waals surface area contributed by atoms with Gasteiger partial charge in [0.05, 0.1) is 9.75 Å². The highest BCUT2D eigenvalue weighted by Crippen LogP contribution is 2.35. The van der Waals surface area contributed by atoms with Gasteiger partial charge in [0.2, 0.25) is 0 Å². The number of aryl methyl sites for hydroxylation is 1. The SMILES string of the molecule is C=C(NCc1cccs1)c1ccc(-c2cc(C(F)(F)F)n(C)n2)s1. The number of nitrogens with one attached hydrogen (secondary N) is 1. The molecule has 3 aromatic heterocycles. The summed E-state index contributed by atoms with van der Waals surface area (Å²) in [6.45, 7) is 4.66. The van der Waals surface area contributed by atoms with Crippen molar-refractivity contribution in [3.8, 4) is 10.6 Å². The molecule has 0 saturated carbocycles. The Kier molecular flexibility index (Phi) is 4.51. The monoisotopic (exact) mass is 369 g/mol. The third kappa shape index (κ3) is 3.54. The Bertz CT molecular complexity index is 844. The predicted molar refractivity (Wildman–Crippen MR) is 91.7 cm³/mol.